The second-order valence-corrected chi connectivity index (χ2v) is 5.17. The molecule has 1 aromatic carbocycles. The van der Waals surface area contributed by atoms with Gasteiger partial charge in [0.05, 0.1) is 5.75 Å². The van der Waals surface area contributed by atoms with E-state index >= 15 is 0 Å². The lowest BCUT2D eigenvalue weighted by atomic mass is 10.3. The highest BCUT2D eigenvalue weighted by Crippen LogP contribution is 2.18. The Balaban J connectivity index is 1.99. The van der Waals surface area contributed by atoms with E-state index in [2.05, 4.69) is 41.9 Å². The minimum atomic E-state index is 0.654. The van der Waals surface area contributed by atoms with Gasteiger partial charge in [-0.15, -0.1) is 0 Å². The summed E-state index contributed by atoms with van der Waals surface area (Å²) in [6.45, 7) is 5.57. The van der Waals surface area contributed by atoms with Crippen LogP contribution in [0.15, 0.2) is 42.6 Å². The Morgan fingerprint density at radius 1 is 1.41 bits per heavy atom. The smallest absolute Gasteiger partial charge is 0.236 e. The quantitative estimate of drug-likeness (QED) is 0.822. The zero-order valence-electron chi connectivity index (χ0n) is 10.4. The van der Waals surface area contributed by atoms with E-state index in [1.54, 1.807) is 0 Å². The van der Waals surface area contributed by atoms with E-state index in [1.165, 1.54) is 10.8 Å². The molecule has 1 heterocycles. The van der Waals surface area contributed by atoms with E-state index in [9.17, 15) is 0 Å². The maximum Gasteiger partial charge on any atom is 0.236 e. The highest BCUT2D eigenvalue weighted by atomic mass is 32.2. The molecule has 0 spiro atoms. The highest BCUT2D eigenvalue weighted by Gasteiger charge is 2.26. The third-order valence-corrected chi connectivity index (χ3v) is 4.19. The molecule has 0 aromatic heterocycles. The Hall–Kier alpha value is -1.22. The summed E-state index contributed by atoms with van der Waals surface area (Å²) in [6, 6.07) is 10.9. The number of hydrogen-bond acceptors (Lipinski definition) is 2. The minimum Gasteiger partial charge on any atom is -0.361 e. The van der Waals surface area contributed by atoms with Gasteiger partial charge in [0.25, 0.3) is 0 Å². The van der Waals surface area contributed by atoms with Crippen molar-refractivity contribution in [3.63, 3.8) is 0 Å². The van der Waals surface area contributed by atoms with E-state index in [-0.39, 0.29) is 0 Å². The van der Waals surface area contributed by atoms with Crippen LogP contribution in [0.3, 0.4) is 0 Å². The van der Waals surface area contributed by atoms with Crippen LogP contribution in [0.5, 0.6) is 0 Å². The maximum absolute atomic E-state index is 3.29. The molecule has 2 nitrogen and oxygen atoms in total. The van der Waals surface area contributed by atoms with Gasteiger partial charge in [-0.2, -0.15) is 0 Å². The number of nitrogens with zero attached hydrogens (tertiary/aromatic N) is 1. The van der Waals surface area contributed by atoms with Crippen LogP contribution >= 0.6 is 11.8 Å². The molecule has 3 heteroatoms. The number of nitrogens with one attached hydrogen (secondary N) is 1. The molecule has 1 aromatic rings. The Bertz CT molecular complexity index is 423. The van der Waals surface area contributed by atoms with Crippen LogP contribution < -0.4 is 5.32 Å². The van der Waals surface area contributed by atoms with E-state index in [0.29, 0.717) is 6.04 Å². The Morgan fingerprint density at radius 2 is 2.18 bits per heavy atom. The number of rotatable bonds is 4. The van der Waals surface area contributed by atoms with Crippen LogP contribution in [-0.4, -0.2) is 28.0 Å². The number of thioether (sulfide) groups is 1. The van der Waals surface area contributed by atoms with Gasteiger partial charge >= 0.3 is 0 Å². The van der Waals surface area contributed by atoms with Crippen LogP contribution in [0, 0.1) is 0 Å². The highest BCUT2D eigenvalue weighted by molar-refractivity contribution is 8.14. The predicted molar refractivity (Wildman–Crippen MR) is 76.9 cm³/mol. The first-order valence-corrected chi connectivity index (χ1v) is 7.04. The SMILES string of the molecule is CC[N+]1=C(/C=C/Nc2ccccc2)SC[C@H]1C. The first-order chi connectivity index (χ1) is 8.31. The van der Waals surface area contributed by atoms with Crippen molar-refractivity contribution in [1.82, 2.24) is 0 Å². The summed E-state index contributed by atoms with van der Waals surface area (Å²) in [5.41, 5.74) is 1.13. The molecule has 1 aliphatic heterocycles. The minimum absolute atomic E-state index is 0.654. The van der Waals surface area contributed by atoms with Gasteiger partial charge in [-0.05, 0) is 26.0 Å². The molecule has 0 bridgehead atoms. The third kappa shape index (κ3) is 3.13. The number of para-hydroxylation sites is 1. The topological polar surface area (TPSA) is 15.0 Å². The molecular formula is C14H19N2S+. The van der Waals surface area contributed by atoms with Gasteiger partial charge in [0, 0.05) is 18.0 Å². The van der Waals surface area contributed by atoms with E-state index in [1.807, 2.05) is 36.2 Å². The van der Waals surface area contributed by atoms with Gasteiger partial charge in [0.15, 0.2) is 6.04 Å². The first kappa shape index (κ1) is 12.2. The molecule has 0 saturated heterocycles. The van der Waals surface area contributed by atoms with Crippen LogP contribution in [0.1, 0.15) is 13.8 Å². The van der Waals surface area contributed by atoms with E-state index < -0.39 is 0 Å². The zero-order chi connectivity index (χ0) is 12.1. The Morgan fingerprint density at radius 3 is 2.88 bits per heavy atom. The fourth-order valence-corrected chi connectivity index (χ4v) is 3.18. The molecule has 1 aliphatic rings. The summed E-state index contributed by atoms with van der Waals surface area (Å²) >= 11 is 1.93. The summed E-state index contributed by atoms with van der Waals surface area (Å²) in [5.74, 6) is 1.19. The standard InChI is InChI=1S/C14H18N2S/c1-3-16-12(2)11-17-14(16)9-10-15-13-7-5-4-6-8-13/h4-10,12H,3,11H2,1-2H3/p+1/t12-/m1/s1. The van der Waals surface area contributed by atoms with Gasteiger partial charge in [-0.1, -0.05) is 30.0 Å². The van der Waals surface area contributed by atoms with Crippen molar-refractivity contribution in [3.8, 4) is 0 Å². The molecule has 1 atom stereocenters. The van der Waals surface area contributed by atoms with Crippen LogP contribution in [0.25, 0.3) is 0 Å². The van der Waals surface area contributed by atoms with Crippen molar-refractivity contribution in [3.05, 3.63) is 42.6 Å². The van der Waals surface area contributed by atoms with Crippen LogP contribution in [0.2, 0.25) is 0 Å². The van der Waals surface area contributed by atoms with Crippen molar-refractivity contribution in [1.29, 1.82) is 0 Å². The molecule has 0 saturated carbocycles. The lowest BCUT2D eigenvalue weighted by molar-refractivity contribution is -0.547. The maximum atomic E-state index is 3.29. The fourth-order valence-electron chi connectivity index (χ4n) is 1.95. The third-order valence-electron chi connectivity index (χ3n) is 2.88. The lowest BCUT2D eigenvalue weighted by Crippen LogP contribution is -2.22. The summed E-state index contributed by atoms with van der Waals surface area (Å²) in [6.07, 6.45) is 4.20. The van der Waals surface area contributed by atoms with Gasteiger partial charge in [-0.3, -0.25) is 0 Å². The second kappa shape index (κ2) is 5.92. The molecule has 90 valence electrons. The number of hydrogen-bond donors (Lipinski definition) is 1. The molecule has 0 unspecified atom stereocenters. The average Bonchev–Trinajstić information content (AvgIpc) is 2.71. The van der Waals surface area contributed by atoms with Gasteiger partial charge < -0.3 is 5.32 Å². The van der Waals surface area contributed by atoms with Crippen molar-refractivity contribution in [2.24, 2.45) is 0 Å². The van der Waals surface area contributed by atoms with Crippen molar-refractivity contribution in [2.45, 2.75) is 19.9 Å². The van der Waals surface area contributed by atoms with E-state index in [0.717, 1.165) is 12.2 Å². The monoisotopic (exact) mass is 247 g/mol. The van der Waals surface area contributed by atoms with Crippen LogP contribution in [-0.2, 0) is 0 Å². The van der Waals surface area contributed by atoms with Gasteiger partial charge in [-0.25, -0.2) is 4.58 Å². The molecule has 2 rings (SSSR count). The van der Waals surface area contributed by atoms with Crippen molar-refractivity contribution < 1.29 is 4.58 Å². The zero-order valence-corrected chi connectivity index (χ0v) is 11.2. The summed E-state index contributed by atoms with van der Waals surface area (Å²) < 4.78 is 2.44. The summed E-state index contributed by atoms with van der Waals surface area (Å²) in [4.78, 5) is 0. The lowest BCUT2D eigenvalue weighted by Gasteiger charge is -2.01. The van der Waals surface area contributed by atoms with Crippen molar-refractivity contribution in [2.75, 3.05) is 17.6 Å². The average molecular weight is 247 g/mol. The van der Waals surface area contributed by atoms with Crippen molar-refractivity contribution >= 4 is 22.5 Å². The largest absolute Gasteiger partial charge is 0.361 e. The second-order valence-electron chi connectivity index (χ2n) is 4.13. The normalized spacial score (nSPS) is 20.2. The molecule has 0 fully saturated rings. The number of anilines is 1. The summed E-state index contributed by atoms with van der Waals surface area (Å²) in [7, 11) is 0. The molecular weight excluding hydrogens is 228 g/mol. The predicted octanol–water partition coefficient (Wildman–Crippen LogP) is 3.18. The fraction of sp³-hybridized carbons (Fsp3) is 0.357. The van der Waals surface area contributed by atoms with Gasteiger partial charge in [0.1, 0.15) is 6.54 Å². The summed E-state index contributed by atoms with van der Waals surface area (Å²) in [5, 5.41) is 4.65. The van der Waals surface area contributed by atoms with Gasteiger partial charge in [0.2, 0.25) is 5.04 Å². The molecule has 0 aliphatic carbocycles. The molecule has 0 radical (unpaired) electrons. The first-order valence-electron chi connectivity index (χ1n) is 6.05. The number of benzene rings is 1. The van der Waals surface area contributed by atoms with Crippen LogP contribution in [0.4, 0.5) is 5.69 Å². The molecule has 0 amide bonds. The Labute approximate surface area is 107 Å². The van der Waals surface area contributed by atoms with E-state index in [4.69, 9.17) is 0 Å². The molecule has 17 heavy (non-hydrogen) atoms. The Kier molecular flexibility index (Phi) is 4.26. The molecule has 1 N–H and O–H groups in total.